The number of fused-ring (bicyclic) bond motifs is 1. The van der Waals surface area contributed by atoms with Crippen LogP contribution in [0.2, 0.25) is 0 Å². The van der Waals surface area contributed by atoms with Crippen LogP contribution >= 0.6 is 11.3 Å². The Morgan fingerprint density at radius 1 is 1.09 bits per heavy atom. The maximum absolute atomic E-state index is 5.01. The molecule has 0 aliphatic heterocycles. The summed E-state index contributed by atoms with van der Waals surface area (Å²) in [6, 6.07) is 6.66. The van der Waals surface area contributed by atoms with Gasteiger partial charge in [-0.3, -0.25) is 0 Å². The summed E-state index contributed by atoms with van der Waals surface area (Å²) < 4.78 is 0. The Balaban J connectivity index is 2.22. The van der Waals surface area contributed by atoms with Crippen LogP contribution in [0.4, 0.5) is 0 Å². The molecule has 1 aromatic carbocycles. The van der Waals surface area contributed by atoms with Gasteiger partial charge in [0.1, 0.15) is 5.01 Å². The minimum absolute atomic E-state index is 0.458. The lowest BCUT2D eigenvalue weighted by atomic mass is 9.97. The number of hydrogen-bond acceptors (Lipinski definition) is 3. The second-order valence-corrected chi connectivity index (χ2v) is 7.22. The van der Waals surface area contributed by atoms with Crippen LogP contribution in [0, 0.1) is 6.92 Å². The first-order valence-corrected chi connectivity index (χ1v) is 9.31. The van der Waals surface area contributed by atoms with Crippen molar-refractivity contribution < 1.29 is 0 Å². The van der Waals surface area contributed by atoms with Crippen molar-refractivity contribution in [2.75, 3.05) is 0 Å². The molecule has 3 rings (SSSR count). The molecule has 0 amide bonds. The van der Waals surface area contributed by atoms with Gasteiger partial charge in [-0.15, -0.1) is 11.3 Å². The van der Waals surface area contributed by atoms with Crippen molar-refractivity contribution in [3.05, 3.63) is 46.0 Å². The summed E-state index contributed by atoms with van der Waals surface area (Å²) in [5.74, 6) is 0.458. The summed E-state index contributed by atoms with van der Waals surface area (Å²) in [6.07, 6.45) is 2.07. The highest BCUT2D eigenvalue weighted by molar-refractivity contribution is 7.13. The Labute approximate surface area is 142 Å². The molecule has 0 spiro atoms. The molecule has 2 nitrogen and oxygen atoms in total. The molecule has 23 heavy (non-hydrogen) atoms. The van der Waals surface area contributed by atoms with Crippen LogP contribution in [0.3, 0.4) is 0 Å². The molecule has 0 atom stereocenters. The largest absolute Gasteiger partial charge is 0.245 e. The third-order valence-corrected chi connectivity index (χ3v) is 5.34. The monoisotopic (exact) mass is 324 g/mol. The quantitative estimate of drug-likeness (QED) is 0.595. The van der Waals surface area contributed by atoms with Crippen LogP contribution in [0.25, 0.3) is 21.6 Å². The first-order valence-electron chi connectivity index (χ1n) is 8.43. The number of hydrogen-bond donors (Lipinski definition) is 0. The normalized spacial score (nSPS) is 11.6. The summed E-state index contributed by atoms with van der Waals surface area (Å²) in [7, 11) is 0. The molecule has 0 N–H and O–H groups in total. The number of rotatable bonds is 4. The molecule has 0 bridgehead atoms. The molecule has 0 aliphatic rings. The zero-order valence-corrected chi connectivity index (χ0v) is 15.4. The zero-order chi connectivity index (χ0) is 16.6. The van der Waals surface area contributed by atoms with Crippen LogP contribution in [-0.4, -0.2) is 9.97 Å². The molecule has 0 aliphatic carbocycles. The highest BCUT2D eigenvalue weighted by atomic mass is 32.1. The van der Waals surface area contributed by atoms with Gasteiger partial charge in [0.25, 0.3) is 0 Å². The maximum atomic E-state index is 5.01. The van der Waals surface area contributed by atoms with Crippen molar-refractivity contribution in [1.82, 2.24) is 9.97 Å². The third kappa shape index (κ3) is 2.90. The Morgan fingerprint density at radius 3 is 2.48 bits per heavy atom. The van der Waals surface area contributed by atoms with Gasteiger partial charge in [0.2, 0.25) is 0 Å². The van der Waals surface area contributed by atoms with Gasteiger partial charge in [-0.1, -0.05) is 39.8 Å². The van der Waals surface area contributed by atoms with Crippen molar-refractivity contribution in [3.63, 3.8) is 0 Å². The number of thiazole rings is 1. The Bertz CT molecular complexity index is 846. The molecule has 3 heteroatoms. The van der Waals surface area contributed by atoms with Gasteiger partial charge in [0.05, 0.1) is 16.9 Å². The predicted molar refractivity (Wildman–Crippen MR) is 100 cm³/mol. The van der Waals surface area contributed by atoms with Gasteiger partial charge >= 0.3 is 0 Å². The summed E-state index contributed by atoms with van der Waals surface area (Å²) in [6.45, 7) is 11.0. The fraction of sp³-hybridized carbons (Fsp3) is 0.400. The van der Waals surface area contributed by atoms with Crippen LogP contribution in [0.15, 0.2) is 23.6 Å². The fourth-order valence-electron chi connectivity index (χ4n) is 3.06. The van der Waals surface area contributed by atoms with E-state index in [4.69, 9.17) is 9.97 Å². The van der Waals surface area contributed by atoms with Gasteiger partial charge in [-0.25, -0.2) is 9.97 Å². The van der Waals surface area contributed by atoms with Crippen molar-refractivity contribution in [2.45, 2.75) is 53.4 Å². The fourth-order valence-corrected chi connectivity index (χ4v) is 4.00. The standard InChI is InChI=1S/C20H24N2S/c1-6-14-8-9-16-13(5)10-17(21-19(16)15(14)7-2)20-22-18(11-23-20)12(3)4/h8-12H,6-7H2,1-5H3. The summed E-state index contributed by atoms with van der Waals surface area (Å²) in [5.41, 5.74) is 7.39. The van der Waals surface area contributed by atoms with Crippen LogP contribution in [0.1, 0.15) is 56.0 Å². The number of pyridine rings is 1. The van der Waals surface area contributed by atoms with Crippen LogP contribution in [0.5, 0.6) is 0 Å². The zero-order valence-electron chi connectivity index (χ0n) is 14.6. The van der Waals surface area contributed by atoms with E-state index in [9.17, 15) is 0 Å². The average molecular weight is 324 g/mol. The smallest absolute Gasteiger partial charge is 0.142 e. The SMILES string of the molecule is CCc1ccc2c(C)cc(-c3nc(C(C)C)cs3)nc2c1CC. The number of aryl methyl sites for hydroxylation is 3. The first-order chi connectivity index (χ1) is 11.0. The van der Waals surface area contributed by atoms with Crippen molar-refractivity contribution in [3.8, 4) is 10.7 Å². The van der Waals surface area contributed by atoms with Gasteiger partial charge < -0.3 is 0 Å². The second-order valence-electron chi connectivity index (χ2n) is 6.36. The van der Waals surface area contributed by atoms with Gasteiger partial charge in [0, 0.05) is 10.8 Å². The number of nitrogens with zero attached hydrogens (tertiary/aromatic N) is 2. The topological polar surface area (TPSA) is 25.8 Å². The molecule has 3 aromatic rings. The third-order valence-electron chi connectivity index (χ3n) is 4.46. The molecule has 2 heterocycles. The summed E-state index contributed by atoms with van der Waals surface area (Å²) in [4.78, 5) is 9.79. The Kier molecular flexibility index (Phi) is 4.49. The predicted octanol–water partition coefficient (Wildman–Crippen LogP) is 5.91. The van der Waals surface area contributed by atoms with E-state index < -0.39 is 0 Å². The lowest BCUT2D eigenvalue weighted by Crippen LogP contribution is -1.98. The minimum atomic E-state index is 0.458. The number of aromatic nitrogens is 2. The highest BCUT2D eigenvalue weighted by Gasteiger charge is 2.13. The highest BCUT2D eigenvalue weighted by Crippen LogP contribution is 2.31. The van der Waals surface area contributed by atoms with Crippen molar-refractivity contribution >= 4 is 22.2 Å². The van der Waals surface area contributed by atoms with Gasteiger partial charge in [-0.05, 0) is 48.4 Å². The molecule has 0 unspecified atom stereocenters. The Morgan fingerprint density at radius 2 is 1.87 bits per heavy atom. The lowest BCUT2D eigenvalue weighted by molar-refractivity contribution is 0.834. The van der Waals surface area contributed by atoms with E-state index in [1.54, 1.807) is 11.3 Å². The van der Waals surface area contributed by atoms with E-state index in [0.717, 1.165) is 34.8 Å². The van der Waals surface area contributed by atoms with Crippen molar-refractivity contribution in [2.24, 2.45) is 0 Å². The van der Waals surface area contributed by atoms with E-state index in [0.29, 0.717) is 5.92 Å². The second kappa shape index (κ2) is 6.40. The first kappa shape index (κ1) is 16.1. The van der Waals surface area contributed by atoms with Crippen LogP contribution in [-0.2, 0) is 12.8 Å². The maximum Gasteiger partial charge on any atom is 0.142 e. The molecule has 0 radical (unpaired) electrons. The van der Waals surface area contributed by atoms with E-state index >= 15 is 0 Å². The van der Waals surface area contributed by atoms with E-state index in [-0.39, 0.29) is 0 Å². The molecule has 0 saturated heterocycles. The van der Waals surface area contributed by atoms with Gasteiger partial charge in [0.15, 0.2) is 0 Å². The van der Waals surface area contributed by atoms with E-state index in [1.165, 1.54) is 22.1 Å². The van der Waals surface area contributed by atoms with Crippen molar-refractivity contribution in [1.29, 1.82) is 0 Å². The summed E-state index contributed by atoms with van der Waals surface area (Å²) in [5, 5.41) is 4.45. The van der Waals surface area contributed by atoms with Crippen LogP contribution < -0.4 is 0 Å². The molecular weight excluding hydrogens is 300 g/mol. The molecular formula is C20H24N2S. The molecule has 120 valence electrons. The summed E-state index contributed by atoms with van der Waals surface area (Å²) >= 11 is 1.70. The van der Waals surface area contributed by atoms with E-state index in [1.807, 2.05) is 0 Å². The Hall–Kier alpha value is -1.74. The molecule has 0 saturated carbocycles. The molecule has 0 fully saturated rings. The minimum Gasteiger partial charge on any atom is -0.245 e. The van der Waals surface area contributed by atoms with E-state index in [2.05, 4.69) is 58.2 Å². The molecule has 2 aromatic heterocycles. The van der Waals surface area contributed by atoms with Gasteiger partial charge in [-0.2, -0.15) is 0 Å². The average Bonchev–Trinajstić information content (AvgIpc) is 3.03. The lowest BCUT2D eigenvalue weighted by Gasteiger charge is -2.12. The number of benzene rings is 1.